The molecule has 1 aromatic rings. The minimum Gasteiger partial charge on any atom is -0.476 e. The van der Waals surface area contributed by atoms with Crippen molar-refractivity contribution in [3.63, 3.8) is 0 Å². The highest BCUT2D eigenvalue weighted by Crippen LogP contribution is 2.27. The van der Waals surface area contributed by atoms with E-state index in [9.17, 15) is 0 Å². The SMILES string of the molecule is CCOc1ncnc(N(CCO)CCO)c1N. The largest absolute Gasteiger partial charge is 0.476 e. The van der Waals surface area contributed by atoms with Crippen molar-refractivity contribution in [1.82, 2.24) is 9.97 Å². The standard InChI is InChI=1S/C10H18N4O3/c1-2-17-10-8(11)9(12-7-13-10)14(3-5-15)4-6-16/h7,15-16H,2-6,11H2,1H3. The van der Waals surface area contributed by atoms with Gasteiger partial charge in [-0.25, -0.2) is 4.98 Å². The Kier molecular flexibility index (Phi) is 5.44. The lowest BCUT2D eigenvalue weighted by Gasteiger charge is -2.23. The van der Waals surface area contributed by atoms with Crippen molar-refractivity contribution >= 4 is 11.5 Å². The summed E-state index contributed by atoms with van der Waals surface area (Å²) in [5.74, 6) is 0.782. The molecule has 7 heteroatoms. The summed E-state index contributed by atoms with van der Waals surface area (Å²) >= 11 is 0. The van der Waals surface area contributed by atoms with E-state index in [0.717, 1.165) is 0 Å². The molecule has 0 unspecified atom stereocenters. The lowest BCUT2D eigenvalue weighted by atomic mass is 10.4. The Morgan fingerprint density at radius 1 is 1.29 bits per heavy atom. The fourth-order valence-corrected chi connectivity index (χ4v) is 1.44. The fourth-order valence-electron chi connectivity index (χ4n) is 1.44. The summed E-state index contributed by atoms with van der Waals surface area (Å²) in [7, 11) is 0. The van der Waals surface area contributed by atoms with Crippen LogP contribution in [-0.4, -0.2) is 53.1 Å². The maximum absolute atomic E-state index is 8.95. The maximum atomic E-state index is 8.95. The highest BCUT2D eigenvalue weighted by molar-refractivity contribution is 5.67. The van der Waals surface area contributed by atoms with Gasteiger partial charge >= 0.3 is 0 Å². The van der Waals surface area contributed by atoms with Crippen LogP contribution in [0.1, 0.15) is 6.92 Å². The van der Waals surface area contributed by atoms with Crippen LogP contribution in [0.15, 0.2) is 6.33 Å². The molecule has 7 nitrogen and oxygen atoms in total. The Hall–Kier alpha value is -1.60. The minimum absolute atomic E-state index is 0.0482. The van der Waals surface area contributed by atoms with E-state index < -0.39 is 0 Å². The van der Waals surface area contributed by atoms with Gasteiger partial charge in [0.15, 0.2) is 5.82 Å². The highest BCUT2D eigenvalue weighted by atomic mass is 16.5. The lowest BCUT2D eigenvalue weighted by molar-refractivity contribution is 0.280. The zero-order valence-electron chi connectivity index (χ0n) is 9.83. The van der Waals surface area contributed by atoms with Gasteiger partial charge in [-0.15, -0.1) is 0 Å². The van der Waals surface area contributed by atoms with Crippen LogP contribution in [0.5, 0.6) is 5.88 Å². The summed E-state index contributed by atoms with van der Waals surface area (Å²) in [6.45, 7) is 2.88. The third-order valence-electron chi connectivity index (χ3n) is 2.15. The first-order chi connectivity index (χ1) is 8.24. The summed E-state index contributed by atoms with van der Waals surface area (Å²) < 4.78 is 5.26. The van der Waals surface area contributed by atoms with Gasteiger partial charge in [-0.3, -0.25) is 0 Å². The first-order valence-corrected chi connectivity index (χ1v) is 5.44. The first-order valence-electron chi connectivity index (χ1n) is 5.44. The van der Waals surface area contributed by atoms with Crippen molar-refractivity contribution in [2.75, 3.05) is 43.5 Å². The molecule has 0 bridgehead atoms. The van der Waals surface area contributed by atoms with Crippen LogP contribution in [0, 0.1) is 0 Å². The third kappa shape index (κ3) is 3.43. The number of aliphatic hydroxyl groups excluding tert-OH is 2. The van der Waals surface area contributed by atoms with E-state index >= 15 is 0 Å². The van der Waals surface area contributed by atoms with Gasteiger partial charge in [0.1, 0.15) is 12.0 Å². The monoisotopic (exact) mass is 242 g/mol. The second-order valence-corrected chi connectivity index (χ2v) is 3.28. The van der Waals surface area contributed by atoms with Crippen LogP contribution >= 0.6 is 0 Å². The molecule has 0 radical (unpaired) electrons. The zero-order valence-corrected chi connectivity index (χ0v) is 9.83. The van der Waals surface area contributed by atoms with Crippen molar-refractivity contribution < 1.29 is 14.9 Å². The molecular weight excluding hydrogens is 224 g/mol. The van der Waals surface area contributed by atoms with Gasteiger partial charge in [0.05, 0.1) is 19.8 Å². The smallest absolute Gasteiger partial charge is 0.242 e. The van der Waals surface area contributed by atoms with Crippen LogP contribution in [0.3, 0.4) is 0 Å². The lowest BCUT2D eigenvalue weighted by Crippen LogP contribution is -2.31. The average Bonchev–Trinajstić information content (AvgIpc) is 2.32. The number of anilines is 2. The van der Waals surface area contributed by atoms with E-state index in [1.54, 1.807) is 4.90 Å². The van der Waals surface area contributed by atoms with Crippen LogP contribution in [-0.2, 0) is 0 Å². The molecule has 0 aromatic carbocycles. The van der Waals surface area contributed by atoms with Crippen LogP contribution in [0.4, 0.5) is 11.5 Å². The van der Waals surface area contributed by atoms with Crippen molar-refractivity contribution in [2.24, 2.45) is 0 Å². The van der Waals surface area contributed by atoms with Gasteiger partial charge in [-0.2, -0.15) is 4.98 Å². The predicted molar refractivity (Wildman–Crippen MR) is 64.0 cm³/mol. The average molecular weight is 242 g/mol. The molecule has 96 valence electrons. The van der Waals surface area contributed by atoms with Crippen LogP contribution < -0.4 is 15.4 Å². The Morgan fingerprint density at radius 3 is 2.47 bits per heavy atom. The molecule has 0 saturated heterocycles. The van der Waals surface area contributed by atoms with Crippen LogP contribution in [0.2, 0.25) is 0 Å². The summed E-state index contributed by atoms with van der Waals surface area (Å²) in [5.41, 5.74) is 6.19. The van der Waals surface area contributed by atoms with Gasteiger partial charge < -0.3 is 25.6 Å². The third-order valence-corrected chi connectivity index (χ3v) is 2.15. The second kappa shape index (κ2) is 6.87. The van der Waals surface area contributed by atoms with Gasteiger partial charge in [-0.05, 0) is 6.92 Å². The Bertz CT molecular complexity index is 342. The number of nitrogen functional groups attached to an aromatic ring is 1. The first kappa shape index (κ1) is 13.5. The summed E-state index contributed by atoms with van der Waals surface area (Å²) in [6.07, 6.45) is 1.35. The Labute approximate surface area is 99.9 Å². The fraction of sp³-hybridized carbons (Fsp3) is 0.600. The number of rotatable bonds is 7. The number of aromatic nitrogens is 2. The molecule has 0 atom stereocenters. The topological polar surface area (TPSA) is 105 Å². The van der Waals surface area contributed by atoms with E-state index in [2.05, 4.69) is 9.97 Å². The summed E-state index contributed by atoms with van der Waals surface area (Å²) in [6, 6.07) is 0. The zero-order chi connectivity index (χ0) is 12.7. The molecule has 0 amide bonds. The maximum Gasteiger partial charge on any atom is 0.242 e. The number of hydrogen-bond donors (Lipinski definition) is 3. The van der Waals surface area contributed by atoms with E-state index in [4.69, 9.17) is 20.7 Å². The van der Waals surface area contributed by atoms with Crippen molar-refractivity contribution in [1.29, 1.82) is 0 Å². The number of hydrogen-bond acceptors (Lipinski definition) is 7. The highest BCUT2D eigenvalue weighted by Gasteiger charge is 2.15. The molecule has 0 saturated carbocycles. The van der Waals surface area contributed by atoms with E-state index in [-0.39, 0.29) is 13.2 Å². The number of ether oxygens (including phenoxy) is 1. The molecule has 0 fully saturated rings. The number of aliphatic hydroxyl groups is 2. The van der Waals surface area contributed by atoms with Crippen molar-refractivity contribution in [2.45, 2.75) is 6.92 Å². The molecule has 1 heterocycles. The van der Waals surface area contributed by atoms with E-state index in [0.29, 0.717) is 37.1 Å². The van der Waals surface area contributed by atoms with Gasteiger partial charge in [-0.1, -0.05) is 0 Å². The molecule has 0 aliphatic heterocycles. The summed E-state index contributed by atoms with van der Waals surface area (Å²) in [4.78, 5) is 9.65. The molecule has 1 rings (SSSR count). The molecule has 0 aliphatic rings. The molecule has 17 heavy (non-hydrogen) atoms. The van der Waals surface area contributed by atoms with E-state index in [1.807, 2.05) is 6.92 Å². The number of nitrogens with two attached hydrogens (primary N) is 1. The number of nitrogens with zero attached hydrogens (tertiary/aromatic N) is 3. The molecular formula is C10H18N4O3. The Balaban J connectivity index is 2.97. The van der Waals surface area contributed by atoms with Gasteiger partial charge in [0.25, 0.3) is 0 Å². The summed E-state index contributed by atoms with van der Waals surface area (Å²) in [5, 5.41) is 17.9. The van der Waals surface area contributed by atoms with Gasteiger partial charge in [0.2, 0.25) is 5.88 Å². The predicted octanol–water partition coefficient (Wildman–Crippen LogP) is -0.752. The molecule has 1 aromatic heterocycles. The second-order valence-electron chi connectivity index (χ2n) is 3.28. The van der Waals surface area contributed by atoms with E-state index in [1.165, 1.54) is 6.33 Å². The normalized spacial score (nSPS) is 10.3. The molecule has 4 N–H and O–H groups in total. The van der Waals surface area contributed by atoms with Crippen molar-refractivity contribution in [3.8, 4) is 5.88 Å². The molecule has 0 spiro atoms. The quantitative estimate of drug-likeness (QED) is 0.577. The minimum atomic E-state index is -0.0482. The van der Waals surface area contributed by atoms with Crippen molar-refractivity contribution in [3.05, 3.63) is 6.33 Å². The molecule has 0 aliphatic carbocycles. The van der Waals surface area contributed by atoms with Gasteiger partial charge in [0, 0.05) is 13.1 Å². The Morgan fingerprint density at radius 2 is 1.94 bits per heavy atom. The van der Waals surface area contributed by atoms with Crippen LogP contribution in [0.25, 0.3) is 0 Å².